The first kappa shape index (κ1) is 8.27. The molecule has 0 spiro atoms. The SMILES string of the molecule is CC(C)c1cn(CCO)cn1. The molecule has 1 N–H and O–H groups in total. The van der Waals surface area contributed by atoms with E-state index in [2.05, 4.69) is 18.8 Å². The van der Waals surface area contributed by atoms with Gasteiger partial charge >= 0.3 is 0 Å². The smallest absolute Gasteiger partial charge is 0.0950 e. The van der Waals surface area contributed by atoms with Gasteiger partial charge in [-0.1, -0.05) is 13.8 Å². The van der Waals surface area contributed by atoms with Crippen LogP contribution in [0.1, 0.15) is 25.5 Å². The summed E-state index contributed by atoms with van der Waals surface area (Å²) in [5, 5.41) is 8.62. The molecule has 0 aliphatic heterocycles. The highest BCUT2D eigenvalue weighted by molar-refractivity contribution is 5.01. The van der Waals surface area contributed by atoms with Gasteiger partial charge in [0.05, 0.1) is 18.6 Å². The highest BCUT2D eigenvalue weighted by Crippen LogP contribution is 2.09. The fraction of sp³-hybridized carbons (Fsp3) is 0.625. The van der Waals surface area contributed by atoms with Crippen molar-refractivity contribution >= 4 is 0 Å². The molecule has 1 aromatic heterocycles. The van der Waals surface area contributed by atoms with Crippen molar-refractivity contribution in [3.63, 3.8) is 0 Å². The van der Waals surface area contributed by atoms with Crippen LogP contribution >= 0.6 is 0 Å². The van der Waals surface area contributed by atoms with Crippen molar-refractivity contribution < 1.29 is 5.11 Å². The van der Waals surface area contributed by atoms with Crippen molar-refractivity contribution in [2.45, 2.75) is 26.3 Å². The van der Waals surface area contributed by atoms with Crippen LogP contribution in [0.2, 0.25) is 0 Å². The van der Waals surface area contributed by atoms with Crippen molar-refractivity contribution in [2.75, 3.05) is 6.61 Å². The highest BCUT2D eigenvalue weighted by atomic mass is 16.3. The lowest BCUT2D eigenvalue weighted by Crippen LogP contribution is -1.98. The third-order valence-corrected chi connectivity index (χ3v) is 1.60. The van der Waals surface area contributed by atoms with Gasteiger partial charge in [-0.3, -0.25) is 0 Å². The van der Waals surface area contributed by atoms with Crippen LogP contribution in [0, 0.1) is 0 Å². The second-order valence-corrected chi connectivity index (χ2v) is 2.91. The molecule has 0 fully saturated rings. The Balaban J connectivity index is 2.66. The standard InChI is InChI=1S/C8H14N2O/c1-7(2)8-5-10(3-4-11)6-9-8/h5-7,11H,3-4H2,1-2H3. The van der Waals surface area contributed by atoms with Gasteiger partial charge in [-0.25, -0.2) is 4.98 Å². The van der Waals surface area contributed by atoms with Gasteiger partial charge in [0.25, 0.3) is 0 Å². The first-order valence-corrected chi connectivity index (χ1v) is 3.86. The van der Waals surface area contributed by atoms with E-state index in [0.29, 0.717) is 12.5 Å². The Morgan fingerprint density at radius 2 is 2.36 bits per heavy atom. The van der Waals surface area contributed by atoms with E-state index in [0.717, 1.165) is 5.69 Å². The fourth-order valence-corrected chi connectivity index (χ4v) is 0.913. The van der Waals surface area contributed by atoms with Gasteiger partial charge in [-0.05, 0) is 5.92 Å². The number of nitrogens with zero attached hydrogens (tertiary/aromatic N) is 2. The van der Waals surface area contributed by atoms with Crippen molar-refractivity contribution in [1.29, 1.82) is 0 Å². The van der Waals surface area contributed by atoms with Crippen LogP contribution in [0.15, 0.2) is 12.5 Å². The molecule has 0 unspecified atom stereocenters. The topological polar surface area (TPSA) is 38.0 Å². The van der Waals surface area contributed by atoms with Crippen molar-refractivity contribution in [1.82, 2.24) is 9.55 Å². The summed E-state index contributed by atoms with van der Waals surface area (Å²) >= 11 is 0. The van der Waals surface area contributed by atoms with Crippen molar-refractivity contribution in [3.05, 3.63) is 18.2 Å². The zero-order chi connectivity index (χ0) is 8.27. The van der Waals surface area contributed by atoms with E-state index in [4.69, 9.17) is 5.11 Å². The summed E-state index contributed by atoms with van der Waals surface area (Å²) < 4.78 is 1.90. The van der Waals surface area contributed by atoms with E-state index in [1.165, 1.54) is 0 Å². The minimum absolute atomic E-state index is 0.174. The monoisotopic (exact) mass is 154 g/mol. The van der Waals surface area contributed by atoms with E-state index >= 15 is 0 Å². The van der Waals surface area contributed by atoms with Crippen molar-refractivity contribution in [2.24, 2.45) is 0 Å². The van der Waals surface area contributed by atoms with Crippen LogP contribution in [-0.2, 0) is 6.54 Å². The summed E-state index contributed by atoms with van der Waals surface area (Å²) in [7, 11) is 0. The quantitative estimate of drug-likeness (QED) is 0.705. The number of aliphatic hydroxyl groups is 1. The Hall–Kier alpha value is -0.830. The average molecular weight is 154 g/mol. The maximum absolute atomic E-state index is 8.62. The molecule has 62 valence electrons. The highest BCUT2D eigenvalue weighted by Gasteiger charge is 2.01. The summed E-state index contributed by atoms with van der Waals surface area (Å²) in [5.74, 6) is 0.468. The number of imidazole rings is 1. The number of aliphatic hydroxyl groups excluding tert-OH is 1. The molecule has 11 heavy (non-hydrogen) atoms. The molecule has 1 rings (SSSR count). The molecule has 1 heterocycles. The Labute approximate surface area is 66.7 Å². The summed E-state index contributed by atoms with van der Waals surface area (Å²) in [5.41, 5.74) is 1.08. The molecule has 0 amide bonds. The number of rotatable bonds is 3. The average Bonchev–Trinajstić information content (AvgIpc) is 2.37. The van der Waals surface area contributed by atoms with Crippen LogP contribution in [0.5, 0.6) is 0 Å². The lowest BCUT2D eigenvalue weighted by atomic mass is 10.2. The van der Waals surface area contributed by atoms with Gasteiger partial charge in [0.15, 0.2) is 0 Å². The van der Waals surface area contributed by atoms with Gasteiger partial charge in [-0.2, -0.15) is 0 Å². The summed E-state index contributed by atoms with van der Waals surface area (Å²) in [6.45, 7) is 5.02. The van der Waals surface area contributed by atoms with Gasteiger partial charge < -0.3 is 9.67 Å². The van der Waals surface area contributed by atoms with E-state index < -0.39 is 0 Å². The predicted molar refractivity (Wildman–Crippen MR) is 43.4 cm³/mol. The molecule has 0 radical (unpaired) electrons. The third-order valence-electron chi connectivity index (χ3n) is 1.60. The minimum atomic E-state index is 0.174. The molecule has 3 nitrogen and oxygen atoms in total. The maximum atomic E-state index is 8.62. The molecule has 0 atom stereocenters. The predicted octanol–water partition coefficient (Wildman–Crippen LogP) is 0.999. The van der Waals surface area contributed by atoms with Gasteiger partial charge in [0.1, 0.15) is 0 Å². The largest absolute Gasteiger partial charge is 0.395 e. The van der Waals surface area contributed by atoms with Crippen molar-refractivity contribution in [3.8, 4) is 0 Å². The van der Waals surface area contributed by atoms with Gasteiger partial charge in [-0.15, -0.1) is 0 Å². The van der Waals surface area contributed by atoms with Gasteiger partial charge in [0, 0.05) is 12.7 Å². The van der Waals surface area contributed by atoms with Crippen LogP contribution in [0.4, 0.5) is 0 Å². The molecule has 0 bridgehead atoms. The molecule has 0 aliphatic rings. The number of aromatic nitrogens is 2. The van der Waals surface area contributed by atoms with Gasteiger partial charge in [0.2, 0.25) is 0 Å². The lowest BCUT2D eigenvalue weighted by molar-refractivity contribution is 0.276. The van der Waals surface area contributed by atoms with E-state index in [9.17, 15) is 0 Å². The van der Waals surface area contributed by atoms with Crippen LogP contribution in [0.3, 0.4) is 0 Å². The van der Waals surface area contributed by atoms with Crippen LogP contribution in [0.25, 0.3) is 0 Å². The number of hydrogen-bond acceptors (Lipinski definition) is 2. The normalized spacial score (nSPS) is 10.9. The minimum Gasteiger partial charge on any atom is -0.395 e. The summed E-state index contributed by atoms with van der Waals surface area (Å²) in [6.07, 6.45) is 3.73. The second-order valence-electron chi connectivity index (χ2n) is 2.91. The fourth-order valence-electron chi connectivity index (χ4n) is 0.913. The van der Waals surface area contributed by atoms with E-state index in [-0.39, 0.29) is 6.61 Å². The molecule has 3 heteroatoms. The molecule has 0 aromatic carbocycles. The second kappa shape index (κ2) is 3.53. The molecule has 1 aromatic rings. The summed E-state index contributed by atoms with van der Waals surface area (Å²) in [6, 6.07) is 0. The lowest BCUT2D eigenvalue weighted by Gasteiger charge is -1.97. The first-order valence-electron chi connectivity index (χ1n) is 3.86. The molecule has 0 saturated heterocycles. The van der Waals surface area contributed by atoms with E-state index in [1.807, 2.05) is 10.8 Å². The van der Waals surface area contributed by atoms with Crippen LogP contribution < -0.4 is 0 Å². The Bertz CT molecular complexity index is 218. The Kier molecular flexibility index (Phi) is 2.65. The van der Waals surface area contributed by atoms with E-state index in [1.54, 1.807) is 6.33 Å². The maximum Gasteiger partial charge on any atom is 0.0950 e. The Morgan fingerprint density at radius 1 is 1.64 bits per heavy atom. The first-order chi connectivity index (χ1) is 5.24. The molecular formula is C8H14N2O. The number of hydrogen-bond donors (Lipinski definition) is 1. The molecule has 0 aliphatic carbocycles. The Morgan fingerprint density at radius 3 is 2.82 bits per heavy atom. The van der Waals surface area contributed by atoms with Crippen LogP contribution in [-0.4, -0.2) is 21.3 Å². The zero-order valence-corrected chi connectivity index (χ0v) is 6.99. The third kappa shape index (κ3) is 2.05. The molecule has 0 saturated carbocycles. The summed E-state index contributed by atoms with van der Waals surface area (Å²) in [4.78, 5) is 4.19. The zero-order valence-electron chi connectivity index (χ0n) is 6.99. The molecular weight excluding hydrogens is 140 g/mol.